The Balaban J connectivity index is 1.54. The molecule has 0 unspecified atom stereocenters. The third kappa shape index (κ3) is 4.53. The second-order valence-electron chi connectivity index (χ2n) is 7.32. The molecule has 5 rings (SSSR count). The van der Waals surface area contributed by atoms with Crippen molar-refractivity contribution in [2.45, 2.75) is 0 Å². The minimum Gasteiger partial charge on any atom is -0.306 e. The Kier molecular flexibility index (Phi) is 5.57. The fourth-order valence-electron chi connectivity index (χ4n) is 3.36. The van der Waals surface area contributed by atoms with Gasteiger partial charge in [-0.2, -0.15) is 0 Å². The molecule has 0 aliphatic carbocycles. The first-order chi connectivity index (χ1) is 16.5. The molecule has 166 valence electrons. The highest BCUT2D eigenvalue weighted by molar-refractivity contribution is 6.00. The Morgan fingerprint density at radius 2 is 1.35 bits per heavy atom. The Labute approximate surface area is 192 Å². The highest BCUT2D eigenvalue weighted by Gasteiger charge is 2.15. The van der Waals surface area contributed by atoms with Crippen LogP contribution in [0.15, 0.2) is 85.3 Å². The molecule has 0 fully saturated rings. The number of hydrogen-bond donors (Lipinski definition) is 2. The van der Waals surface area contributed by atoms with Crippen molar-refractivity contribution in [2.24, 2.45) is 0 Å². The van der Waals surface area contributed by atoms with Gasteiger partial charge in [-0.25, -0.2) is 28.5 Å². The molecule has 0 bridgehead atoms. The Morgan fingerprint density at radius 3 is 1.97 bits per heavy atom. The van der Waals surface area contributed by atoms with E-state index in [2.05, 4.69) is 25.6 Å². The number of hydrogen-bond acceptors (Lipinski definition) is 5. The predicted molar refractivity (Wildman–Crippen MR) is 125 cm³/mol. The SMILES string of the molecule is O=C(Nc1cccnc1)Nc1cnc2nc(-c3ccc(F)cc3)c(-c3ccc(F)cc3)nc2c1. The van der Waals surface area contributed by atoms with Crippen LogP contribution < -0.4 is 10.6 Å². The lowest BCUT2D eigenvalue weighted by Gasteiger charge is -2.12. The van der Waals surface area contributed by atoms with Crippen molar-refractivity contribution in [1.29, 1.82) is 0 Å². The van der Waals surface area contributed by atoms with Crippen LogP contribution >= 0.6 is 0 Å². The number of anilines is 2. The van der Waals surface area contributed by atoms with Crippen LogP contribution in [-0.2, 0) is 0 Å². The number of halogens is 2. The van der Waals surface area contributed by atoms with Gasteiger partial charge in [0.25, 0.3) is 0 Å². The van der Waals surface area contributed by atoms with Gasteiger partial charge in [0.1, 0.15) is 17.2 Å². The van der Waals surface area contributed by atoms with E-state index >= 15 is 0 Å². The van der Waals surface area contributed by atoms with Crippen molar-refractivity contribution in [1.82, 2.24) is 19.9 Å². The standard InChI is InChI=1S/C25H16F2N6O/c26-17-7-3-15(4-8-17)22-23(16-5-9-18(27)10-6-16)33-24-21(32-22)12-20(14-29-24)31-25(34)30-19-2-1-11-28-13-19/h1-14H,(H2,30,31,34). The fraction of sp³-hybridized carbons (Fsp3) is 0. The molecule has 2 N–H and O–H groups in total. The molecule has 0 atom stereocenters. The van der Waals surface area contributed by atoms with Gasteiger partial charge in [-0.3, -0.25) is 4.98 Å². The molecule has 5 aromatic rings. The maximum Gasteiger partial charge on any atom is 0.323 e. The topological polar surface area (TPSA) is 92.7 Å². The van der Waals surface area contributed by atoms with Crippen LogP contribution in [0.2, 0.25) is 0 Å². The molecule has 0 spiro atoms. The van der Waals surface area contributed by atoms with Crippen molar-refractivity contribution in [2.75, 3.05) is 10.6 Å². The summed E-state index contributed by atoms with van der Waals surface area (Å²) in [7, 11) is 0. The summed E-state index contributed by atoms with van der Waals surface area (Å²) in [6.45, 7) is 0. The quantitative estimate of drug-likeness (QED) is 0.365. The van der Waals surface area contributed by atoms with Crippen LogP contribution in [0.4, 0.5) is 25.0 Å². The van der Waals surface area contributed by atoms with Crippen LogP contribution in [0.3, 0.4) is 0 Å². The van der Waals surface area contributed by atoms with Gasteiger partial charge in [0.2, 0.25) is 0 Å². The number of fused-ring (bicyclic) bond motifs is 1. The van der Waals surface area contributed by atoms with Crippen molar-refractivity contribution >= 4 is 28.6 Å². The van der Waals surface area contributed by atoms with Gasteiger partial charge in [-0.05, 0) is 66.7 Å². The fourth-order valence-corrected chi connectivity index (χ4v) is 3.36. The predicted octanol–water partition coefficient (Wildman–Crippen LogP) is 5.68. The third-order valence-corrected chi connectivity index (χ3v) is 4.93. The Morgan fingerprint density at radius 1 is 0.735 bits per heavy atom. The van der Waals surface area contributed by atoms with Gasteiger partial charge in [-0.1, -0.05) is 0 Å². The van der Waals surface area contributed by atoms with Gasteiger partial charge in [0.15, 0.2) is 5.65 Å². The molecule has 2 aromatic carbocycles. The number of carbonyl (C=O) groups excluding carboxylic acids is 1. The minimum absolute atomic E-state index is 0.336. The molecule has 9 heteroatoms. The molecule has 3 heterocycles. The third-order valence-electron chi connectivity index (χ3n) is 4.93. The number of pyridine rings is 2. The van der Waals surface area contributed by atoms with Crippen molar-refractivity contribution < 1.29 is 13.6 Å². The zero-order valence-electron chi connectivity index (χ0n) is 17.5. The number of rotatable bonds is 4. The number of benzene rings is 2. The van der Waals surface area contributed by atoms with Crippen molar-refractivity contribution in [3.05, 3.63) is 97.0 Å². The second-order valence-corrected chi connectivity index (χ2v) is 7.32. The maximum atomic E-state index is 13.5. The van der Waals surface area contributed by atoms with E-state index in [0.29, 0.717) is 45.1 Å². The van der Waals surface area contributed by atoms with Crippen LogP contribution in [0.1, 0.15) is 0 Å². The number of urea groups is 1. The minimum atomic E-state index is -0.469. The summed E-state index contributed by atoms with van der Waals surface area (Å²) in [5.41, 5.74) is 3.91. The largest absolute Gasteiger partial charge is 0.323 e. The van der Waals surface area contributed by atoms with E-state index < -0.39 is 6.03 Å². The molecular formula is C25H16F2N6O. The first-order valence-electron chi connectivity index (χ1n) is 10.2. The van der Waals surface area contributed by atoms with E-state index in [4.69, 9.17) is 4.98 Å². The molecule has 7 nitrogen and oxygen atoms in total. The molecule has 2 amide bonds. The number of carbonyl (C=O) groups is 1. The molecular weight excluding hydrogens is 438 g/mol. The van der Waals surface area contributed by atoms with Gasteiger partial charge in [0, 0.05) is 17.3 Å². The van der Waals surface area contributed by atoms with E-state index in [1.165, 1.54) is 36.7 Å². The van der Waals surface area contributed by atoms with E-state index in [1.54, 1.807) is 48.7 Å². The van der Waals surface area contributed by atoms with Crippen molar-refractivity contribution in [3.8, 4) is 22.5 Å². The summed E-state index contributed by atoms with van der Waals surface area (Å²) in [5, 5.41) is 5.38. The van der Waals surface area contributed by atoms with E-state index in [9.17, 15) is 13.6 Å². The summed E-state index contributed by atoms with van der Waals surface area (Å²) >= 11 is 0. The van der Waals surface area contributed by atoms with Crippen LogP contribution in [0.5, 0.6) is 0 Å². The lowest BCUT2D eigenvalue weighted by Crippen LogP contribution is -2.19. The number of nitrogens with zero attached hydrogens (tertiary/aromatic N) is 4. The average Bonchev–Trinajstić information content (AvgIpc) is 2.85. The van der Waals surface area contributed by atoms with E-state index in [1.807, 2.05) is 0 Å². The lowest BCUT2D eigenvalue weighted by atomic mass is 10.0. The zero-order chi connectivity index (χ0) is 23.5. The van der Waals surface area contributed by atoms with Crippen LogP contribution in [0, 0.1) is 11.6 Å². The monoisotopic (exact) mass is 454 g/mol. The molecule has 0 radical (unpaired) electrons. The molecule has 34 heavy (non-hydrogen) atoms. The number of nitrogens with one attached hydrogen (secondary N) is 2. The highest BCUT2D eigenvalue weighted by atomic mass is 19.1. The van der Waals surface area contributed by atoms with E-state index in [0.717, 1.165) is 0 Å². The molecule has 3 aromatic heterocycles. The smallest absolute Gasteiger partial charge is 0.306 e. The summed E-state index contributed by atoms with van der Waals surface area (Å²) in [4.78, 5) is 29.9. The molecule has 0 aliphatic heterocycles. The molecule has 0 saturated heterocycles. The number of aromatic nitrogens is 4. The summed E-state index contributed by atoms with van der Waals surface area (Å²) in [6.07, 6.45) is 4.59. The van der Waals surface area contributed by atoms with E-state index in [-0.39, 0.29) is 11.6 Å². The maximum absolute atomic E-state index is 13.5. The zero-order valence-corrected chi connectivity index (χ0v) is 17.5. The normalized spacial score (nSPS) is 10.8. The number of amides is 2. The Hall–Kier alpha value is -4.79. The second kappa shape index (κ2) is 8.99. The van der Waals surface area contributed by atoms with Crippen LogP contribution in [0.25, 0.3) is 33.7 Å². The average molecular weight is 454 g/mol. The summed E-state index contributed by atoms with van der Waals surface area (Å²) in [6, 6.07) is 16.3. The first-order valence-corrected chi connectivity index (χ1v) is 10.2. The lowest BCUT2D eigenvalue weighted by molar-refractivity contribution is 0.262. The van der Waals surface area contributed by atoms with Crippen LogP contribution in [-0.4, -0.2) is 26.0 Å². The molecule has 0 aliphatic rings. The highest BCUT2D eigenvalue weighted by Crippen LogP contribution is 2.31. The van der Waals surface area contributed by atoms with Gasteiger partial charge in [-0.15, -0.1) is 0 Å². The summed E-state index contributed by atoms with van der Waals surface area (Å²) < 4.78 is 27.0. The first kappa shape index (κ1) is 21.1. The Bertz CT molecular complexity index is 1480. The molecule has 0 saturated carbocycles. The van der Waals surface area contributed by atoms with Gasteiger partial charge >= 0.3 is 6.03 Å². The van der Waals surface area contributed by atoms with Gasteiger partial charge in [0.05, 0.1) is 35.2 Å². The summed E-state index contributed by atoms with van der Waals surface area (Å²) in [5.74, 6) is -0.757. The van der Waals surface area contributed by atoms with Crippen molar-refractivity contribution in [3.63, 3.8) is 0 Å². The van der Waals surface area contributed by atoms with Gasteiger partial charge < -0.3 is 10.6 Å².